The van der Waals surface area contributed by atoms with E-state index in [0.29, 0.717) is 6.54 Å². The van der Waals surface area contributed by atoms with Gasteiger partial charge < -0.3 is 9.88 Å². The maximum absolute atomic E-state index is 12.3. The summed E-state index contributed by atoms with van der Waals surface area (Å²) in [6.07, 6.45) is 0. The summed E-state index contributed by atoms with van der Waals surface area (Å²) in [5.74, 6) is 0.165. The Hall–Kier alpha value is -1.09. The summed E-state index contributed by atoms with van der Waals surface area (Å²) in [6, 6.07) is 2.01. The summed E-state index contributed by atoms with van der Waals surface area (Å²) in [5, 5.41) is 3.26. The maximum Gasteiger partial charge on any atom is 0.178 e. The molecule has 0 saturated carbocycles. The lowest BCUT2D eigenvalue weighted by Crippen LogP contribution is -2.39. The molecule has 1 rings (SSSR count). The van der Waals surface area contributed by atoms with Gasteiger partial charge in [0.2, 0.25) is 0 Å². The van der Waals surface area contributed by atoms with E-state index in [1.807, 2.05) is 13.0 Å². The fraction of sp³-hybridized carbons (Fsp3) is 0.688. The largest absolute Gasteiger partial charge is 0.343 e. The second kappa shape index (κ2) is 5.12. The first-order valence-corrected chi connectivity index (χ1v) is 6.91. The van der Waals surface area contributed by atoms with Gasteiger partial charge in [0.05, 0.1) is 6.54 Å². The topological polar surface area (TPSA) is 34.0 Å². The van der Waals surface area contributed by atoms with Gasteiger partial charge in [-0.1, -0.05) is 0 Å². The second-order valence-corrected chi connectivity index (χ2v) is 7.32. The van der Waals surface area contributed by atoms with Crippen molar-refractivity contribution in [1.29, 1.82) is 0 Å². The third-order valence-electron chi connectivity index (χ3n) is 3.18. The zero-order valence-corrected chi connectivity index (χ0v) is 13.6. The van der Waals surface area contributed by atoms with E-state index in [1.165, 1.54) is 0 Å². The van der Waals surface area contributed by atoms with Gasteiger partial charge in [0.25, 0.3) is 0 Å². The number of nitrogens with one attached hydrogen (secondary N) is 1. The molecule has 0 amide bonds. The molecule has 0 unspecified atom stereocenters. The highest BCUT2D eigenvalue weighted by atomic mass is 16.1. The molecule has 108 valence electrons. The number of carbonyl (C=O) groups excluding carboxylic acids is 1. The number of nitrogens with zero attached hydrogens (tertiary/aromatic N) is 1. The normalized spacial score (nSPS) is 12.8. The molecular weight excluding hydrogens is 236 g/mol. The van der Waals surface area contributed by atoms with Crippen LogP contribution in [0.15, 0.2) is 6.07 Å². The Bertz CT molecular complexity index is 470. The first kappa shape index (κ1) is 16.0. The van der Waals surface area contributed by atoms with Crippen LogP contribution in [0.3, 0.4) is 0 Å². The molecule has 1 aromatic heterocycles. The summed E-state index contributed by atoms with van der Waals surface area (Å²) in [7, 11) is 0. The summed E-state index contributed by atoms with van der Waals surface area (Å²) in [6.45, 7) is 17.2. The molecule has 1 heterocycles. The summed E-state index contributed by atoms with van der Waals surface area (Å²) in [5.41, 5.74) is 3.01. The van der Waals surface area contributed by atoms with Gasteiger partial charge in [-0.15, -0.1) is 0 Å². The number of hydrogen-bond donors (Lipinski definition) is 1. The van der Waals surface area contributed by atoms with Crippen LogP contribution in [0.5, 0.6) is 0 Å². The van der Waals surface area contributed by atoms with Crippen molar-refractivity contribution in [2.45, 2.75) is 66.5 Å². The molecule has 0 spiro atoms. The molecule has 1 N–H and O–H groups in total. The average molecular weight is 264 g/mol. The Morgan fingerprint density at radius 3 is 2.05 bits per heavy atom. The lowest BCUT2D eigenvalue weighted by molar-refractivity contribution is 0.0981. The number of rotatable bonds is 3. The van der Waals surface area contributed by atoms with Gasteiger partial charge >= 0.3 is 0 Å². The number of aromatic nitrogens is 1. The van der Waals surface area contributed by atoms with E-state index in [-0.39, 0.29) is 16.9 Å². The van der Waals surface area contributed by atoms with Crippen LogP contribution < -0.4 is 5.32 Å². The number of Topliss-reactive ketones (excluding diaryl/α,β-unsaturated/α-hetero) is 1. The van der Waals surface area contributed by atoms with Gasteiger partial charge in [0.15, 0.2) is 5.78 Å². The van der Waals surface area contributed by atoms with Crippen LogP contribution in [0.4, 0.5) is 0 Å². The van der Waals surface area contributed by atoms with Crippen molar-refractivity contribution >= 4 is 5.78 Å². The predicted molar refractivity (Wildman–Crippen MR) is 81.0 cm³/mol. The van der Waals surface area contributed by atoms with Crippen LogP contribution in [0, 0.1) is 13.8 Å². The zero-order valence-electron chi connectivity index (χ0n) is 13.6. The minimum absolute atomic E-state index is 0.00412. The van der Waals surface area contributed by atoms with Gasteiger partial charge in [0.1, 0.15) is 0 Å². The Morgan fingerprint density at radius 1 is 1.16 bits per heavy atom. The first-order chi connectivity index (χ1) is 8.43. The molecular formula is C16H28N2O. The fourth-order valence-corrected chi connectivity index (χ4v) is 2.52. The molecule has 0 radical (unpaired) electrons. The molecule has 0 atom stereocenters. The summed E-state index contributed by atoms with van der Waals surface area (Å²) < 4.78 is 2.23. The lowest BCUT2D eigenvalue weighted by Gasteiger charge is -2.26. The van der Waals surface area contributed by atoms with E-state index in [0.717, 1.165) is 17.0 Å². The molecule has 0 aliphatic heterocycles. The second-order valence-electron chi connectivity index (χ2n) is 7.32. The van der Waals surface area contributed by atoms with Gasteiger partial charge in [-0.05, 0) is 61.5 Å². The van der Waals surface area contributed by atoms with Crippen molar-refractivity contribution in [3.8, 4) is 0 Å². The third kappa shape index (κ3) is 3.93. The van der Waals surface area contributed by atoms with Crippen molar-refractivity contribution in [2.75, 3.05) is 6.54 Å². The molecule has 0 aliphatic rings. The smallest absolute Gasteiger partial charge is 0.178 e. The monoisotopic (exact) mass is 264 g/mol. The van der Waals surface area contributed by atoms with Crippen molar-refractivity contribution < 1.29 is 4.79 Å². The molecule has 3 nitrogen and oxygen atoms in total. The van der Waals surface area contributed by atoms with Crippen molar-refractivity contribution in [1.82, 2.24) is 9.88 Å². The molecule has 0 aliphatic carbocycles. The van der Waals surface area contributed by atoms with Gasteiger partial charge in [-0.2, -0.15) is 0 Å². The first-order valence-electron chi connectivity index (χ1n) is 6.91. The average Bonchev–Trinajstić information content (AvgIpc) is 2.48. The van der Waals surface area contributed by atoms with Crippen molar-refractivity contribution in [3.63, 3.8) is 0 Å². The Kier molecular flexibility index (Phi) is 4.30. The van der Waals surface area contributed by atoms with Crippen LogP contribution >= 0.6 is 0 Å². The molecule has 0 aromatic carbocycles. The highest BCUT2D eigenvalue weighted by Gasteiger charge is 2.23. The van der Waals surface area contributed by atoms with Crippen molar-refractivity contribution in [2.24, 2.45) is 0 Å². The summed E-state index contributed by atoms with van der Waals surface area (Å²) in [4.78, 5) is 12.3. The van der Waals surface area contributed by atoms with Crippen LogP contribution in [-0.2, 0) is 5.54 Å². The van der Waals surface area contributed by atoms with E-state index < -0.39 is 0 Å². The Balaban J connectivity index is 3.01. The minimum Gasteiger partial charge on any atom is -0.343 e. The molecule has 3 heteroatoms. The van der Waals surface area contributed by atoms with E-state index in [2.05, 4.69) is 58.4 Å². The Labute approximate surface area is 117 Å². The molecule has 19 heavy (non-hydrogen) atoms. The van der Waals surface area contributed by atoms with Crippen LogP contribution in [-0.4, -0.2) is 22.4 Å². The number of ketones is 1. The third-order valence-corrected chi connectivity index (χ3v) is 3.18. The fourth-order valence-electron chi connectivity index (χ4n) is 2.52. The molecule has 0 fully saturated rings. The minimum atomic E-state index is -0.0365. The van der Waals surface area contributed by atoms with E-state index in [1.54, 1.807) is 0 Å². The van der Waals surface area contributed by atoms with Gasteiger partial charge in [-0.25, -0.2) is 0 Å². The SMILES string of the molecule is Cc1cc(C(=O)CNC(C)(C)C)c(C)n1C(C)(C)C. The van der Waals surface area contributed by atoms with E-state index >= 15 is 0 Å². The highest BCUT2D eigenvalue weighted by Crippen LogP contribution is 2.24. The molecule has 0 saturated heterocycles. The summed E-state index contributed by atoms with van der Waals surface area (Å²) >= 11 is 0. The van der Waals surface area contributed by atoms with Crippen LogP contribution in [0.1, 0.15) is 63.3 Å². The standard InChI is InChI=1S/C16H28N2O/c1-11-9-13(12(2)18(11)16(6,7)8)14(19)10-17-15(3,4)5/h9,17H,10H2,1-8H3. The molecule has 1 aromatic rings. The highest BCUT2D eigenvalue weighted by molar-refractivity contribution is 5.99. The van der Waals surface area contributed by atoms with Crippen LogP contribution in [0.2, 0.25) is 0 Å². The van der Waals surface area contributed by atoms with Gasteiger partial charge in [0, 0.05) is 28.0 Å². The van der Waals surface area contributed by atoms with Gasteiger partial charge in [-0.3, -0.25) is 4.79 Å². The number of hydrogen-bond acceptors (Lipinski definition) is 2. The number of carbonyl (C=O) groups is 1. The number of aryl methyl sites for hydroxylation is 1. The maximum atomic E-state index is 12.3. The van der Waals surface area contributed by atoms with E-state index in [4.69, 9.17) is 0 Å². The molecule has 0 bridgehead atoms. The lowest BCUT2D eigenvalue weighted by atomic mass is 10.1. The predicted octanol–water partition coefficient (Wildman–Crippen LogP) is 3.43. The quantitative estimate of drug-likeness (QED) is 0.849. The van der Waals surface area contributed by atoms with Crippen LogP contribution in [0.25, 0.3) is 0 Å². The van der Waals surface area contributed by atoms with E-state index in [9.17, 15) is 4.79 Å². The zero-order chi connectivity index (χ0) is 15.0. The van der Waals surface area contributed by atoms with Crippen molar-refractivity contribution in [3.05, 3.63) is 23.0 Å². The Morgan fingerprint density at radius 2 is 1.68 bits per heavy atom.